The van der Waals surface area contributed by atoms with Crippen LogP contribution in [0, 0.1) is 0 Å². The molecule has 0 radical (unpaired) electrons. The standard InChI is InChI=1S/C14H26N4O/c1-5-8-12-13(15-4)16-11-17-14(12)18(6-2)9-10-19-7-3/h11H,5-10H2,1-4H3,(H,15,16,17). The van der Waals surface area contributed by atoms with E-state index in [-0.39, 0.29) is 0 Å². The monoisotopic (exact) mass is 266 g/mol. The SMILES string of the molecule is CCCc1c(NC)ncnc1N(CC)CCOCC. The Balaban J connectivity index is 2.94. The first-order valence-electron chi connectivity index (χ1n) is 7.12. The summed E-state index contributed by atoms with van der Waals surface area (Å²) < 4.78 is 5.44. The fourth-order valence-electron chi connectivity index (χ4n) is 2.10. The molecule has 0 saturated heterocycles. The van der Waals surface area contributed by atoms with Gasteiger partial charge in [0.05, 0.1) is 6.61 Å². The first-order valence-corrected chi connectivity index (χ1v) is 7.12. The lowest BCUT2D eigenvalue weighted by molar-refractivity contribution is 0.154. The molecule has 1 aromatic heterocycles. The zero-order chi connectivity index (χ0) is 14.1. The van der Waals surface area contributed by atoms with Crippen molar-refractivity contribution in [3.8, 4) is 0 Å². The molecule has 1 rings (SSSR count). The molecule has 1 N–H and O–H groups in total. The molecule has 1 heterocycles. The lowest BCUT2D eigenvalue weighted by atomic mass is 10.1. The average Bonchev–Trinajstić information content (AvgIpc) is 2.44. The summed E-state index contributed by atoms with van der Waals surface area (Å²) in [6.07, 6.45) is 3.69. The topological polar surface area (TPSA) is 50.3 Å². The summed E-state index contributed by atoms with van der Waals surface area (Å²) >= 11 is 0. The third-order valence-electron chi connectivity index (χ3n) is 3.05. The van der Waals surface area contributed by atoms with Crippen LogP contribution in [0.3, 0.4) is 0 Å². The van der Waals surface area contributed by atoms with E-state index >= 15 is 0 Å². The summed E-state index contributed by atoms with van der Waals surface area (Å²) in [6, 6.07) is 0. The van der Waals surface area contributed by atoms with E-state index in [9.17, 15) is 0 Å². The van der Waals surface area contributed by atoms with E-state index in [4.69, 9.17) is 4.74 Å². The quantitative estimate of drug-likeness (QED) is 0.695. The molecule has 108 valence electrons. The van der Waals surface area contributed by atoms with Gasteiger partial charge in [-0.25, -0.2) is 9.97 Å². The van der Waals surface area contributed by atoms with Gasteiger partial charge in [0.1, 0.15) is 18.0 Å². The largest absolute Gasteiger partial charge is 0.380 e. The van der Waals surface area contributed by atoms with Gasteiger partial charge in [-0.1, -0.05) is 13.3 Å². The Labute approximate surface area is 116 Å². The molecule has 0 aliphatic carbocycles. The smallest absolute Gasteiger partial charge is 0.137 e. The second-order valence-corrected chi connectivity index (χ2v) is 4.30. The average molecular weight is 266 g/mol. The predicted octanol–water partition coefficient (Wildman–Crippen LogP) is 2.33. The molecule has 0 fully saturated rings. The number of rotatable bonds is 9. The van der Waals surface area contributed by atoms with E-state index < -0.39 is 0 Å². The van der Waals surface area contributed by atoms with Crippen molar-refractivity contribution in [2.24, 2.45) is 0 Å². The fraction of sp³-hybridized carbons (Fsp3) is 0.714. The Bertz CT molecular complexity index is 370. The van der Waals surface area contributed by atoms with Crippen molar-refractivity contribution < 1.29 is 4.74 Å². The van der Waals surface area contributed by atoms with Gasteiger partial charge in [-0.05, 0) is 20.3 Å². The third-order valence-corrected chi connectivity index (χ3v) is 3.05. The molecule has 0 bridgehead atoms. The number of hydrogen-bond acceptors (Lipinski definition) is 5. The molecule has 0 atom stereocenters. The predicted molar refractivity (Wildman–Crippen MR) is 80.0 cm³/mol. The number of aromatic nitrogens is 2. The second-order valence-electron chi connectivity index (χ2n) is 4.30. The van der Waals surface area contributed by atoms with Crippen LogP contribution in [0.15, 0.2) is 6.33 Å². The number of nitrogens with zero attached hydrogens (tertiary/aromatic N) is 3. The molecule has 0 unspecified atom stereocenters. The van der Waals surface area contributed by atoms with Gasteiger partial charge in [0.15, 0.2) is 0 Å². The summed E-state index contributed by atoms with van der Waals surface area (Å²) in [5.74, 6) is 1.96. The highest BCUT2D eigenvalue weighted by Crippen LogP contribution is 2.24. The maximum Gasteiger partial charge on any atom is 0.137 e. The van der Waals surface area contributed by atoms with Gasteiger partial charge in [-0.15, -0.1) is 0 Å². The van der Waals surface area contributed by atoms with Crippen LogP contribution in [-0.4, -0.2) is 43.3 Å². The molecule has 0 saturated carbocycles. The maximum absolute atomic E-state index is 5.44. The molecule has 0 amide bonds. The van der Waals surface area contributed by atoms with Gasteiger partial charge >= 0.3 is 0 Å². The minimum atomic E-state index is 0.731. The van der Waals surface area contributed by atoms with Crippen LogP contribution >= 0.6 is 0 Å². The van der Waals surface area contributed by atoms with E-state index in [2.05, 4.69) is 34.0 Å². The van der Waals surface area contributed by atoms with Crippen LogP contribution < -0.4 is 10.2 Å². The second kappa shape index (κ2) is 8.69. The van der Waals surface area contributed by atoms with Crippen LogP contribution in [0.2, 0.25) is 0 Å². The fourth-order valence-corrected chi connectivity index (χ4v) is 2.10. The Kier molecular flexibility index (Phi) is 7.18. The third kappa shape index (κ3) is 4.35. The van der Waals surface area contributed by atoms with Crippen molar-refractivity contribution in [3.05, 3.63) is 11.9 Å². The molecular weight excluding hydrogens is 240 g/mol. The van der Waals surface area contributed by atoms with E-state index in [0.29, 0.717) is 0 Å². The molecule has 5 heteroatoms. The van der Waals surface area contributed by atoms with E-state index in [0.717, 1.165) is 50.8 Å². The van der Waals surface area contributed by atoms with Gasteiger partial charge in [-0.2, -0.15) is 0 Å². The highest BCUT2D eigenvalue weighted by molar-refractivity contribution is 5.58. The van der Waals surface area contributed by atoms with Gasteiger partial charge in [0, 0.05) is 32.3 Å². The first-order chi connectivity index (χ1) is 9.28. The van der Waals surface area contributed by atoms with E-state index in [1.807, 2.05) is 14.0 Å². The molecule has 0 aliphatic heterocycles. The Morgan fingerprint density at radius 1 is 1.26 bits per heavy atom. The Hall–Kier alpha value is -1.36. The van der Waals surface area contributed by atoms with Gasteiger partial charge < -0.3 is 15.0 Å². The number of nitrogens with one attached hydrogen (secondary N) is 1. The molecule has 0 aromatic carbocycles. The highest BCUT2D eigenvalue weighted by Gasteiger charge is 2.14. The zero-order valence-electron chi connectivity index (χ0n) is 12.6. The lowest BCUT2D eigenvalue weighted by Crippen LogP contribution is -2.29. The van der Waals surface area contributed by atoms with Crippen molar-refractivity contribution in [2.75, 3.05) is 43.6 Å². The van der Waals surface area contributed by atoms with Crippen LogP contribution in [0.5, 0.6) is 0 Å². The van der Waals surface area contributed by atoms with Crippen molar-refractivity contribution in [1.82, 2.24) is 9.97 Å². The van der Waals surface area contributed by atoms with Crippen LogP contribution in [0.4, 0.5) is 11.6 Å². The summed E-state index contributed by atoms with van der Waals surface area (Å²) in [4.78, 5) is 11.0. The summed E-state index contributed by atoms with van der Waals surface area (Å²) in [6.45, 7) is 9.60. The number of likely N-dealkylation sites (N-methyl/N-ethyl adjacent to an activating group) is 1. The number of anilines is 2. The molecular formula is C14H26N4O. The summed E-state index contributed by atoms with van der Waals surface area (Å²) in [5.41, 5.74) is 1.20. The van der Waals surface area contributed by atoms with Gasteiger partial charge in [0.2, 0.25) is 0 Å². The number of hydrogen-bond donors (Lipinski definition) is 1. The Morgan fingerprint density at radius 2 is 2.05 bits per heavy atom. The minimum Gasteiger partial charge on any atom is -0.380 e. The molecule has 19 heavy (non-hydrogen) atoms. The van der Waals surface area contributed by atoms with Gasteiger partial charge in [-0.3, -0.25) is 0 Å². The van der Waals surface area contributed by atoms with Gasteiger partial charge in [0.25, 0.3) is 0 Å². The maximum atomic E-state index is 5.44. The van der Waals surface area contributed by atoms with E-state index in [1.54, 1.807) is 6.33 Å². The first kappa shape index (κ1) is 15.7. The molecule has 0 spiro atoms. The zero-order valence-corrected chi connectivity index (χ0v) is 12.6. The van der Waals surface area contributed by atoms with E-state index in [1.165, 1.54) is 5.56 Å². The van der Waals surface area contributed by atoms with Crippen LogP contribution in [-0.2, 0) is 11.2 Å². The molecule has 1 aromatic rings. The summed E-state index contributed by atoms with van der Waals surface area (Å²) in [5, 5.41) is 3.16. The number of ether oxygens (including phenoxy) is 1. The lowest BCUT2D eigenvalue weighted by Gasteiger charge is -2.25. The van der Waals surface area contributed by atoms with Crippen molar-refractivity contribution in [3.63, 3.8) is 0 Å². The van der Waals surface area contributed by atoms with Crippen LogP contribution in [0.25, 0.3) is 0 Å². The van der Waals surface area contributed by atoms with Crippen LogP contribution in [0.1, 0.15) is 32.8 Å². The summed E-state index contributed by atoms with van der Waals surface area (Å²) in [7, 11) is 1.90. The Morgan fingerprint density at radius 3 is 2.63 bits per heavy atom. The molecule has 5 nitrogen and oxygen atoms in total. The minimum absolute atomic E-state index is 0.731. The normalized spacial score (nSPS) is 10.5. The van der Waals surface area contributed by atoms with Crippen molar-refractivity contribution in [2.45, 2.75) is 33.6 Å². The highest BCUT2D eigenvalue weighted by atomic mass is 16.5. The van der Waals surface area contributed by atoms with Crippen molar-refractivity contribution >= 4 is 11.6 Å². The molecule has 0 aliphatic rings. The van der Waals surface area contributed by atoms with Crippen molar-refractivity contribution in [1.29, 1.82) is 0 Å².